The molecule has 0 saturated heterocycles. The van der Waals surface area contributed by atoms with E-state index in [9.17, 15) is 9.59 Å². The van der Waals surface area contributed by atoms with Crippen molar-refractivity contribution in [3.05, 3.63) is 35.9 Å². The van der Waals surface area contributed by atoms with Crippen molar-refractivity contribution in [3.8, 4) is 0 Å². The lowest BCUT2D eigenvalue weighted by Gasteiger charge is -2.17. The molecule has 0 bridgehead atoms. The van der Waals surface area contributed by atoms with E-state index in [0.717, 1.165) is 24.8 Å². The topological polar surface area (TPSA) is 64.6 Å². The molecule has 0 aromatic heterocycles. The number of carbonyl (C=O) groups excluding carboxylic acids is 2. The summed E-state index contributed by atoms with van der Waals surface area (Å²) in [4.78, 5) is 24.2. The standard InChI is InChI=1S/C21H33NO4/c1-3-5-6-7-8-12-16-25-20(23)19(22-21(24)26-15-4-2)17-18-13-10-9-11-14-18/h9-11,13-14,19H,3-8,12,15-17H2,1-2H3,(H,22,24)/t19-/m0/s1. The van der Waals surface area contributed by atoms with E-state index in [0.29, 0.717) is 19.6 Å². The molecule has 1 rings (SSSR count). The Morgan fingerprint density at radius 2 is 1.58 bits per heavy atom. The van der Waals surface area contributed by atoms with Crippen molar-refractivity contribution in [2.24, 2.45) is 0 Å². The maximum absolute atomic E-state index is 12.4. The van der Waals surface area contributed by atoms with Crippen LogP contribution in [0.1, 0.15) is 64.4 Å². The van der Waals surface area contributed by atoms with Crippen molar-refractivity contribution < 1.29 is 19.1 Å². The molecule has 1 atom stereocenters. The number of rotatable bonds is 13. The molecular weight excluding hydrogens is 330 g/mol. The second-order valence-corrected chi connectivity index (χ2v) is 6.46. The summed E-state index contributed by atoms with van der Waals surface area (Å²) in [5, 5.41) is 2.63. The van der Waals surface area contributed by atoms with Crippen molar-refractivity contribution in [2.45, 2.75) is 71.3 Å². The molecule has 0 aliphatic carbocycles. The number of esters is 1. The summed E-state index contributed by atoms with van der Waals surface area (Å²) >= 11 is 0. The zero-order valence-corrected chi connectivity index (χ0v) is 16.2. The SMILES string of the molecule is CCCCCCCCOC(=O)[C@H](Cc1ccccc1)NC(=O)OCCC. The Bertz CT molecular complexity index is 504. The van der Waals surface area contributed by atoms with Crippen molar-refractivity contribution in [1.29, 1.82) is 0 Å². The molecule has 0 unspecified atom stereocenters. The molecule has 1 aromatic carbocycles. The first kappa shape index (κ1) is 22.0. The van der Waals surface area contributed by atoms with Gasteiger partial charge in [-0.1, -0.05) is 76.3 Å². The van der Waals surface area contributed by atoms with E-state index in [2.05, 4.69) is 12.2 Å². The summed E-state index contributed by atoms with van der Waals surface area (Å²) in [6.07, 6.45) is 7.32. The maximum atomic E-state index is 12.4. The van der Waals surface area contributed by atoms with Crippen LogP contribution in [0, 0.1) is 0 Å². The molecule has 1 amide bonds. The van der Waals surface area contributed by atoms with Gasteiger partial charge in [-0.05, 0) is 18.4 Å². The summed E-state index contributed by atoms with van der Waals surface area (Å²) in [5.41, 5.74) is 0.963. The lowest BCUT2D eigenvalue weighted by molar-refractivity contribution is -0.146. The minimum absolute atomic E-state index is 0.330. The fraction of sp³-hybridized carbons (Fsp3) is 0.619. The molecule has 0 spiro atoms. The van der Waals surface area contributed by atoms with Crippen LogP contribution < -0.4 is 5.32 Å². The van der Waals surface area contributed by atoms with Gasteiger partial charge in [-0.2, -0.15) is 0 Å². The third kappa shape index (κ3) is 10.1. The normalized spacial score (nSPS) is 11.6. The van der Waals surface area contributed by atoms with Crippen molar-refractivity contribution >= 4 is 12.1 Å². The smallest absolute Gasteiger partial charge is 0.407 e. The summed E-state index contributed by atoms with van der Waals surface area (Å²) < 4.78 is 10.4. The van der Waals surface area contributed by atoms with E-state index < -0.39 is 18.1 Å². The molecule has 0 fully saturated rings. The first-order chi connectivity index (χ1) is 12.7. The van der Waals surface area contributed by atoms with E-state index in [-0.39, 0.29) is 0 Å². The molecule has 0 aliphatic rings. The van der Waals surface area contributed by atoms with Crippen LogP contribution in [0.4, 0.5) is 4.79 Å². The van der Waals surface area contributed by atoms with Gasteiger partial charge in [0.15, 0.2) is 0 Å². The quantitative estimate of drug-likeness (QED) is 0.410. The number of nitrogens with one attached hydrogen (secondary N) is 1. The van der Waals surface area contributed by atoms with Gasteiger partial charge >= 0.3 is 12.1 Å². The third-order valence-corrected chi connectivity index (χ3v) is 4.04. The van der Waals surface area contributed by atoms with Gasteiger partial charge in [0.05, 0.1) is 13.2 Å². The van der Waals surface area contributed by atoms with Crippen molar-refractivity contribution in [2.75, 3.05) is 13.2 Å². The van der Waals surface area contributed by atoms with Crippen LogP contribution in [-0.2, 0) is 20.7 Å². The molecular formula is C21H33NO4. The molecule has 1 N–H and O–H groups in total. The van der Waals surface area contributed by atoms with Crippen LogP contribution in [0.15, 0.2) is 30.3 Å². The lowest BCUT2D eigenvalue weighted by Crippen LogP contribution is -2.43. The van der Waals surface area contributed by atoms with E-state index in [1.165, 1.54) is 25.7 Å². The number of alkyl carbamates (subject to hydrolysis) is 1. The average Bonchev–Trinajstić information content (AvgIpc) is 2.65. The highest BCUT2D eigenvalue weighted by molar-refractivity contribution is 5.81. The Morgan fingerprint density at radius 3 is 2.27 bits per heavy atom. The summed E-state index contributed by atoms with van der Waals surface area (Å²) in [6, 6.07) is 8.84. The maximum Gasteiger partial charge on any atom is 0.407 e. The van der Waals surface area contributed by atoms with Crippen LogP contribution in [-0.4, -0.2) is 31.3 Å². The Balaban J connectivity index is 2.46. The molecule has 26 heavy (non-hydrogen) atoms. The first-order valence-corrected chi connectivity index (χ1v) is 9.81. The molecule has 5 nitrogen and oxygen atoms in total. The van der Waals surface area contributed by atoms with Crippen molar-refractivity contribution in [3.63, 3.8) is 0 Å². The van der Waals surface area contributed by atoms with Crippen LogP contribution in [0.2, 0.25) is 0 Å². The summed E-state index contributed by atoms with van der Waals surface area (Å²) in [6.45, 7) is 4.83. The van der Waals surface area contributed by atoms with E-state index >= 15 is 0 Å². The number of hydrogen-bond acceptors (Lipinski definition) is 4. The first-order valence-electron chi connectivity index (χ1n) is 9.81. The molecule has 0 saturated carbocycles. The van der Waals surface area contributed by atoms with Crippen LogP contribution in [0.5, 0.6) is 0 Å². The van der Waals surface area contributed by atoms with Gasteiger partial charge in [-0.15, -0.1) is 0 Å². The molecule has 1 aromatic rings. The summed E-state index contributed by atoms with van der Waals surface area (Å²) in [5.74, 6) is -0.407. The van der Waals surface area contributed by atoms with Gasteiger partial charge in [-0.3, -0.25) is 0 Å². The van der Waals surface area contributed by atoms with Gasteiger partial charge in [0, 0.05) is 6.42 Å². The number of ether oxygens (including phenoxy) is 2. The summed E-state index contributed by atoms with van der Waals surface area (Å²) in [7, 11) is 0. The number of carbonyl (C=O) groups is 2. The predicted octanol–water partition coefficient (Wildman–Crippen LogP) is 4.64. The van der Waals surface area contributed by atoms with Gasteiger partial charge < -0.3 is 14.8 Å². The van der Waals surface area contributed by atoms with E-state index in [1.807, 2.05) is 37.3 Å². The second-order valence-electron chi connectivity index (χ2n) is 6.46. The van der Waals surface area contributed by atoms with E-state index in [4.69, 9.17) is 9.47 Å². The fourth-order valence-corrected chi connectivity index (χ4v) is 2.58. The van der Waals surface area contributed by atoms with Crippen molar-refractivity contribution in [1.82, 2.24) is 5.32 Å². The largest absolute Gasteiger partial charge is 0.464 e. The van der Waals surface area contributed by atoms with E-state index in [1.54, 1.807) is 0 Å². The van der Waals surface area contributed by atoms with Gasteiger partial charge in [0.25, 0.3) is 0 Å². The predicted molar refractivity (Wildman–Crippen MR) is 103 cm³/mol. The highest BCUT2D eigenvalue weighted by Gasteiger charge is 2.23. The minimum Gasteiger partial charge on any atom is -0.464 e. The second kappa shape index (κ2) is 14.2. The highest BCUT2D eigenvalue weighted by Crippen LogP contribution is 2.08. The highest BCUT2D eigenvalue weighted by atomic mass is 16.6. The number of benzene rings is 1. The third-order valence-electron chi connectivity index (χ3n) is 4.04. The fourth-order valence-electron chi connectivity index (χ4n) is 2.58. The molecule has 0 heterocycles. The van der Waals surface area contributed by atoms with Crippen LogP contribution in [0.3, 0.4) is 0 Å². The van der Waals surface area contributed by atoms with Gasteiger partial charge in [0.2, 0.25) is 0 Å². The number of amides is 1. The average molecular weight is 363 g/mol. The van der Waals surface area contributed by atoms with Crippen LogP contribution >= 0.6 is 0 Å². The molecule has 146 valence electrons. The monoisotopic (exact) mass is 363 g/mol. The van der Waals surface area contributed by atoms with Gasteiger partial charge in [0.1, 0.15) is 6.04 Å². The minimum atomic E-state index is -0.734. The Hall–Kier alpha value is -2.04. The Labute approximate surface area is 157 Å². The zero-order valence-electron chi connectivity index (χ0n) is 16.2. The van der Waals surface area contributed by atoms with Gasteiger partial charge in [-0.25, -0.2) is 9.59 Å². The number of unbranched alkanes of at least 4 members (excludes halogenated alkanes) is 5. The molecule has 0 radical (unpaired) electrons. The molecule has 5 heteroatoms. The zero-order chi connectivity index (χ0) is 19.0. The molecule has 0 aliphatic heterocycles. The Morgan fingerprint density at radius 1 is 0.885 bits per heavy atom. The van der Waals surface area contributed by atoms with Crippen LogP contribution in [0.25, 0.3) is 0 Å². The lowest BCUT2D eigenvalue weighted by atomic mass is 10.1. The Kier molecular flexibility index (Phi) is 12.0. The number of hydrogen-bond donors (Lipinski definition) is 1.